The quantitative estimate of drug-likeness (QED) is 0.790. The van der Waals surface area contributed by atoms with Gasteiger partial charge < -0.3 is 0 Å². The van der Waals surface area contributed by atoms with E-state index >= 15 is 0 Å². The molecular weight excluding hydrogens is 265 g/mol. The van der Waals surface area contributed by atoms with Crippen molar-refractivity contribution in [3.63, 3.8) is 0 Å². The highest BCUT2D eigenvalue weighted by Crippen LogP contribution is 2.34. The average Bonchev–Trinajstić information content (AvgIpc) is 2.65. The Kier molecular flexibility index (Phi) is 3.63. The van der Waals surface area contributed by atoms with Crippen LogP contribution in [0.15, 0.2) is 24.3 Å². The van der Waals surface area contributed by atoms with Crippen molar-refractivity contribution in [2.75, 3.05) is 0 Å². The summed E-state index contributed by atoms with van der Waals surface area (Å²) >= 11 is 0. The van der Waals surface area contributed by atoms with Gasteiger partial charge in [0.15, 0.2) is 0 Å². The monoisotopic (exact) mass is 282 g/mol. The van der Waals surface area contributed by atoms with E-state index in [2.05, 4.69) is 18.9 Å². The maximum Gasteiger partial charge on any atom is 0.416 e. The van der Waals surface area contributed by atoms with Crippen LogP contribution in [0.5, 0.6) is 0 Å². The molecular formula is C15H17F3N2. The molecule has 0 aliphatic rings. The summed E-state index contributed by atoms with van der Waals surface area (Å²) in [5, 5.41) is 4.43. The Hall–Kier alpha value is -1.78. The van der Waals surface area contributed by atoms with Crippen molar-refractivity contribution in [3.05, 3.63) is 41.1 Å². The molecule has 20 heavy (non-hydrogen) atoms. The molecule has 5 heteroatoms. The summed E-state index contributed by atoms with van der Waals surface area (Å²) in [7, 11) is 1.84. The smallest absolute Gasteiger partial charge is 0.272 e. The fourth-order valence-electron chi connectivity index (χ4n) is 2.35. The second-order valence-corrected chi connectivity index (χ2v) is 5.20. The van der Waals surface area contributed by atoms with Gasteiger partial charge in [0, 0.05) is 23.9 Å². The van der Waals surface area contributed by atoms with E-state index in [1.54, 1.807) is 4.68 Å². The lowest BCUT2D eigenvalue weighted by molar-refractivity contribution is -0.137. The molecule has 0 aliphatic heterocycles. The van der Waals surface area contributed by atoms with E-state index in [4.69, 9.17) is 0 Å². The highest BCUT2D eigenvalue weighted by Gasteiger charge is 2.30. The maximum absolute atomic E-state index is 12.6. The Morgan fingerprint density at radius 3 is 2.10 bits per heavy atom. The molecule has 0 N–H and O–H groups in total. The standard InChI is InChI=1S/C15H17F3N2/c1-9(2)13-10(3)20(4)19-14(13)11-5-7-12(8-6-11)15(16,17)18/h5-9H,1-4H3. The number of hydrogen-bond donors (Lipinski definition) is 0. The summed E-state index contributed by atoms with van der Waals surface area (Å²) in [5.41, 5.74) is 2.95. The molecule has 108 valence electrons. The van der Waals surface area contributed by atoms with E-state index in [0.29, 0.717) is 5.56 Å². The van der Waals surface area contributed by atoms with E-state index < -0.39 is 11.7 Å². The van der Waals surface area contributed by atoms with Gasteiger partial charge >= 0.3 is 6.18 Å². The van der Waals surface area contributed by atoms with Crippen molar-refractivity contribution in [1.29, 1.82) is 0 Å². The molecule has 1 aromatic heterocycles. The van der Waals surface area contributed by atoms with Gasteiger partial charge in [0.1, 0.15) is 0 Å². The number of halogens is 3. The summed E-state index contributed by atoms with van der Waals surface area (Å²) in [4.78, 5) is 0. The Morgan fingerprint density at radius 2 is 1.65 bits per heavy atom. The zero-order chi connectivity index (χ0) is 15.1. The normalized spacial score (nSPS) is 12.2. The van der Waals surface area contributed by atoms with Gasteiger partial charge in [0.2, 0.25) is 0 Å². The molecule has 0 amide bonds. The van der Waals surface area contributed by atoms with Gasteiger partial charge in [-0.05, 0) is 25.0 Å². The minimum absolute atomic E-state index is 0.265. The Bertz CT molecular complexity index is 607. The van der Waals surface area contributed by atoms with Crippen molar-refractivity contribution < 1.29 is 13.2 Å². The molecule has 0 saturated heterocycles. The van der Waals surface area contributed by atoms with Crippen LogP contribution in [0, 0.1) is 6.92 Å². The summed E-state index contributed by atoms with van der Waals surface area (Å²) in [6.45, 7) is 6.07. The second kappa shape index (κ2) is 4.96. The van der Waals surface area contributed by atoms with Crippen molar-refractivity contribution in [3.8, 4) is 11.3 Å². The molecule has 2 rings (SSSR count). The Balaban J connectivity index is 2.50. The third-order valence-electron chi connectivity index (χ3n) is 3.44. The van der Waals surface area contributed by atoms with Crippen LogP contribution in [0.3, 0.4) is 0 Å². The predicted octanol–water partition coefficient (Wildman–Crippen LogP) is 4.54. The van der Waals surface area contributed by atoms with Crippen LogP contribution in [0.4, 0.5) is 13.2 Å². The zero-order valence-corrected chi connectivity index (χ0v) is 11.9. The molecule has 0 aliphatic carbocycles. The minimum Gasteiger partial charge on any atom is -0.272 e. The highest BCUT2D eigenvalue weighted by molar-refractivity contribution is 5.65. The Labute approximate surface area is 116 Å². The number of rotatable bonds is 2. The average molecular weight is 282 g/mol. The molecule has 0 bridgehead atoms. The van der Waals surface area contributed by atoms with Gasteiger partial charge in [0.25, 0.3) is 0 Å². The number of hydrogen-bond acceptors (Lipinski definition) is 1. The fraction of sp³-hybridized carbons (Fsp3) is 0.400. The maximum atomic E-state index is 12.6. The summed E-state index contributed by atoms with van der Waals surface area (Å²) in [6, 6.07) is 5.17. The molecule has 2 aromatic rings. The molecule has 2 nitrogen and oxygen atoms in total. The third kappa shape index (κ3) is 2.57. The molecule has 0 unspecified atom stereocenters. The van der Waals surface area contributed by atoms with E-state index in [1.807, 2.05) is 14.0 Å². The molecule has 1 heterocycles. The van der Waals surface area contributed by atoms with Crippen LogP contribution in [0.1, 0.15) is 36.6 Å². The molecule has 0 saturated carbocycles. The first-order valence-electron chi connectivity index (χ1n) is 6.43. The van der Waals surface area contributed by atoms with E-state index in [0.717, 1.165) is 29.1 Å². The first-order valence-corrected chi connectivity index (χ1v) is 6.43. The summed E-state index contributed by atoms with van der Waals surface area (Å²) < 4.78 is 39.5. The molecule has 0 atom stereocenters. The summed E-state index contributed by atoms with van der Waals surface area (Å²) in [5.74, 6) is 0.265. The van der Waals surface area contributed by atoms with Gasteiger partial charge in [-0.25, -0.2) is 0 Å². The molecule has 1 aromatic carbocycles. The van der Waals surface area contributed by atoms with E-state index in [1.165, 1.54) is 12.1 Å². The lowest BCUT2D eigenvalue weighted by Gasteiger charge is -2.09. The van der Waals surface area contributed by atoms with Crippen LogP contribution in [0.25, 0.3) is 11.3 Å². The van der Waals surface area contributed by atoms with Crippen molar-refractivity contribution in [2.45, 2.75) is 32.9 Å². The molecule has 0 radical (unpaired) electrons. The number of aromatic nitrogens is 2. The topological polar surface area (TPSA) is 17.8 Å². The molecule has 0 fully saturated rings. The van der Waals surface area contributed by atoms with Gasteiger partial charge in [-0.1, -0.05) is 26.0 Å². The van der Waals surface area contributed by atoms with Crippen LogP contribution in [-0.4, -0.2) is 9.78 Å². The van der Waals surface area contributed by atoms with Gasteiger partial charge in [0.05, 0.1) is 11.3 Å². The number of benzene rings is 1. The number of nitrogens with zero attached hydrogens (tertiary/aromatic N) is 2. The fourth-order valence-corrected chi connectivity index (χ4v) is 2.35. The van der Waals surface area contributed by atoms with Crippen LogP contribution < -0.4 is 0 Å². The lowest BCUT2D eigenvalue weighted by Crippen LogP contribution is -2.04. The zero-order valence-electron chi connectivity index (χ0n) is 11.9. The molecule has 0 spiro atoms. The van der Waals surface area contributed by atoms with Crippen molar-refractivity contribution in [1.82, 2.24) is 9.78 Å². The first kappa shape index (κ1) is 14.6. The third-order valence-corrected chi connectivity index (χ3v) is 3.44. The van der Waals surface area contributed by atoms with E-state index in [9.17, 15) is 13.2 Å². The van der Waals surface area contributed by atoms with Crippen molar-refractivity contribution in [2.24, 2.45) is 7.05 Å². The van der Waals surface area contributed by atoms with Crippen LogP contribution >= 0.6 is 0 Å². The first-order chi connectivity index (χ1) is 9.21. The van der Waals surface area contributed by atoms with Crippen LogP contribution in [-0.2, 0) is 13.2 Å². The summed E-state index contributed by atoms with van der Waals surface area (Å²) in [6.07, 6.45) is -4.31. The van der Waals surface area contributed by atoms with Crippen molar-refractivity contribution >= 4 is 0 Å². The van der Waals surface area contributed by atoms with Gasteiger partial charge in [-0.15, -0.1) is 0 Å². The number of aryl methyl sites for hydroxylation is 1. The largest absolute Gasteiger partial charge is 0.416 e. The second-order valence-electron chi connectivity index (χ2n) is 5.20. The van der Waals surface area contributed by atoms with E-state index in [-0.39, 0.29) is 5.92 Å². The van der Waals surface area contributed by atoms with Gasteiger partial charge in [-0.2, -0.15) is 18.3 Å². The van der Waals surface area contributed by atoms with Crippen LogP contribution in [0.2, 0.25) is 0 Å². The predicted molar refractivity (Wildman–Crippen MR) is 72.5 cm³/mol. The highest BCUT2D eigenvalue weighted by atomic mass is 19.4. The minimum atomic E-state index is -4.31. The Morgan fingerprint density at radius 1 is 1.10 bits per heavy atom. The van der Waals surface area contributed by atoms with Gasteiger partial charge in [-0.3, -0.25) is 4.68 Å². The lowest BCUT2D eigenvalue weighted by atomic mass is 9.96. The SMILES string of the molecule is Cc1c(C(C)C)c(-c2ccc(C(F)(F)F)cc2)nn1C. The number of alkyl halides is 3.